The van der Waals surface area contributed by atoms with Crippen LogP contribution in [0.25, 0.3) is 0 Å². The molecule has 108 valence electrons. The standard InChI is InChI=1S/C16H29N3/c1-5-19-15(11-14(4)18-19)12-16(13(2)3)9-7-6-8-10-17-16/h11,13,17H,5-10,12H2,1-4H3. The van der Waals surface area contributed by atoms with Crippen molar-refractivity contribution in [3.63, 3.8) is 0 Å². The Morgan fingerprint density at radius 3 is 2.84 bits per heavy atom. The molecule has 1 aliphatic heterocycles. The normalized spacial score (nSPS) is 24.7. The highest BCUT2D eigenvalue weighted by Gasteiger charge is 2.35. The minimum atomic E-state index is 0.260. The molecule has 19 heavy (non-hydrogen) atoms. The highest BCUT2D eigenvalue weighted by atomic mass is 15.3. The fourth-order valence-corrected chi connectivity index (χ4v) is 3.35. The molecule has 1 saturated heterocycles. The van der Waals surface area contributed by atoms with Gasteiger partial charge in [-0.05, 0) is 45.2 Å². The molecular weight excluding hydrogens is 234 g/mol. The van der Waals surface area contributed by atoms with Crippen LogP contribution in [-0.4, -0.2) is 21.9 Å². The van der Waals surface area contributed by atoms with Crippen LogP contribution in [0.2, 0.25) is 0 Å². The Morgan fingerprint density at radius 1 is 1.37 bits per heavy atom. The molecule has 0 amide bonds. The third-order valence-electron chi connectivity index (χ3n) is 4.66. The minimum absolute atomic E-state index is 0.260. The fourth-order valence-electron chi connectivity index (χ4n) is 3.35. The second-order valence-electron chi connectivity index (χ2n) is 6.32. The molecule has 0 bridgehead atoms. The maximum atomic E-state index is 4.60. The molecule has 1 aliphatic rings. The smallest absolute Gasteiger partial charge is 0.0596 e. The summed E-state index contributed by atoms with van der Waals surface area (Å²) in [5.41, 5.74) is 2.79. The summed E-state index contributed by atoms with van der Waals surface area (Å²) in [7, 11) is 0. The highest BCUT2D eigenvalue weighted by Crippen LogP contribution is 2.30. The van der Waals surface area contributed by atoms with Crippen LogP contribution >= 0.6 is 0 Å². The van der Waals surface area contributed by atoms with Crippen molar-refractivity contribution < 1.29 is 0 Å². The summed E-state index contributed by atoms with van der Waals surface area (Å²) < 4.78 is 2.17. The molecule has 2 heterocycles. The number of aryl methyl sites for hydroxylation is 2. The zero-order chi connectivity index (χ0) is 13.9. The maximum Gasteiger partial charge on any atom is 0.0596 e. The molecule has 1 aromatic rings. The first-order valence-corrected chi connectivity index (χ1v) is 7.86. The average molecular weight is 263 g/mol. The van der Waals surface area contributed by atoms with Gasteiger partial charge in [0.15, 0.2) is 0 Å². The predicted molar refractivity (Wildman–Crippen MR) is 80.4 cm³/mol. The second kappa shape index (κ2) is 6.08. The van der Waals surface area contributed by atoms with E-state index in [1.54, 1.807) is 0 Å². The van der Waals surface area contributed by atoms with Gasteiger partial charge in [0.25, 0.3) is 0 Å². The number of hydrogen-bond acceptors (Lipinski definition) is 2. The van der Waals surface area contributed by atoms with E-state index in [1.165, 1.54) is 31.4 Å². The van der Waals surface area contributed by atoms with Gasteiger partial charge in [0.1, 0.15) is 0 Å². The van der Waals surface area contributed by atoms with Crippen molar-refractivity contribution >= 4 is 0 Å². The predicted octanol–water partition coefficient (Wildman–Crippen LogP) is 3.31. The van der Waals surface area contributed by atoms with Crippen molar-refractivity contribution in [2.45, 2.75) is 71.9 Å². The molecule has 2 rings (SSSR count). The van der Waals surface area contributed by atoms with Crippen molar-refractivity contribution in [2.24, 2.45) is 5.92 Å². The summed E-state index contributed by atoms with van der Waals surface area (Å²) in [4.78, 5) is 0. The molecule has 3 heteroatoms. The molecule has 3 nitrogen and oxygen atoms in total. The van der Waals surface area contributed by atoms with E-state index in [1.807, 2.05) is 0 Å². The molecular formula is C16H29N3. The van der Waals surface area contributed by atoms with Gasteiger partial charge in [0, 0.05) is 24.2 Å². The van der Waals surface area contributed by atoms with Crippen molar-refractivity contribution in [2.75, 3.05) is 6.54 Å². The van der Waals surface area contributed by atoms with E-state index in [4.69, 9.17) is 0 Å². The summed E-state index contributed by atoms with van der Waals surface area (Å²) in [6.07, 6.45) is 6.44. The second-order valence-corrected chi connectivity index (χ2v) is 6.32. The van der Waals surface area contributed by atoms with E-state index in [9.17, 15) is 0 Å². The third kappa shape index (κ3) is 3.19. The molecule has 1 fully saturated rings. The Bertz CT molecular complexity index is 398. The number of nitrogens with zero attached hydrogens (tertiary/aromatic N) is 2. The van der Waals surface area contributed by atoms with Crippen LogP contribution in [0.1, 0.15) is 57.8 Å². The molecule has 0 saturated carbocycles. The molecule has 0 aromatic carbocycles. The zero-order valence-electron chi connectivity index (χ0n) is 13.0. The average Bonchev–Trinajstić information content (AvgIpc) is 2.59. The lowest BCUT2D eigenvalue weighted by atomic mass is 9.78. The molecule has 0 radical (unpaired) electrons. The highest BCUT2D eigenvalue weighted by molar-refractivity contribution is 5.14. The fraction of sp³-hybridized carbons (Fsp3) is 0.812. The summed E-state index contributed by atoms with van der Waals surface area (Å²) in [5, 5.41) is 8.46. The lowest BCUT2D eigenvalue weighted by Gasteiger charge is -2.38. The first-order chi connectivity index (χ1) is 9.07. The topological polar surface area (TPSA) is 29.9 Å². The minimum Gasteiger partial charge on any atom is -0.311 e. The first kappa shape index (κ1) is 14.6. The van der Waals surface area contributed by atoms with Crippen LogP contribution in [0.5, 0.6) is 0 Å². The quantitative estimate of drug-likeness (QED) is 0.903. The van der Waals surface area contributed by atoms with Gasteiger partial charge in [0.05, 0.1) is 5.69 Å². The lowest BCUT2D eigenvalue weighted by molar-refractivity contribution is 0.221. The molecule has 1 atom stereocenters. The number of hydrogen-bond donors (Lipinski definition) is 1. The van der Waals surface area contributed by atoms with Gasteiger partial charge in [-0.3, -0.25) is 4.68 Å². The number of aromatic nitrogens is 2. The molecule has 1 aromatic heterocycles. The Kier molecular flexibility index (Phi) is 4.67. The largest absolute Gasteiger partial charge is 0.311 e. The Balaban J connectivity index is 2.24. The van der Waals surface area contributed by atoms with Gasteiger partial charge in [0.2, 0.25) is 0 Å². The lowest BCUT2D eigenvalue weighted by Crippen LogP contribution is -2.51. The van der Waals surface area contributed by atoms with Crippen LogP contribution in [0.4, 0.5) is 0 Å². The Labute approximate surface area is 117 Å². The third-order valence-corrected chi connectivity index (χ3v) is 4.66. The van der Waals surface area contributed by atoms with E-state index in [-0.39, 0.29) is 5.54 Å². The van der Waals surface area contributed by atoms with E-state index < -0.39 is 0 Å². The van der Waals surface area contributed by atoms with Gasteiger partial charge in [-0.2, -0.15) is 5.10 Å². The van der Waals surface area contributed by atoms with Crippen LogP contribution in [0.3, 0.4) is 0 Å². The van der Waals surface area contributed by atoms with Gasteiger partial charge in [-0.1, -0.05) is 26.7 Å². The Hall–Kier alpha value is -0.830. The monoisotopic (exact) mass is 263 g/mol. The maximum absolute atomic E-state index is 4.60. The van der Waals surface area contributed by atoms with E-state index in [2.05, 4.69) is 48.9 Å². The summed E-state index contributed by atoms with van der Waals surface area (Å²) in [5.74, 6) is 0.658. The summed E-state index contributed by atoms with van der Waals surface area (Å²) in [6.45, 7) is 11.1. The zero-order valence-corrected chi connectivity index (χ0v) is 13.0. The summed E-state index contributed by atoms with van der Waals surface area (Å²) in [6, 6.07) is 2.26. The van der Waals surface area contributed by atoms with Crippen LogP contribution < -0.4 is 5.32 Å². The van der Waals surface area contributed by atoms with Crippen molar-refractivity contribution in [1.82, 2.24) is 15.1 Å². The molecule has 1 unspecified atom stereocenters. The summed E-state index contributed by atoms with van der Waals surface area (Å²) >= 11 is 0. The van der Waals surface area contributed by atoms with Gasteiger partial charge in [-0.25, -0.2) is 0 Å². The van der Waals surface area contributed by atoms with Crippen LogP contribution in [0, 0.1) is 12.8 Å². The molecule has 0 aliphatic carbocycles. The Morgan fingerprint density at radius 2 is 2.16 bits per heavy atom. The van der Waals surface area contributed by atoms with Crippen LogP contribution in [-0.2, 0) is 13.0 Å². The van der Waals surface area contributed by atoms with Gasteiger partial charge in [-0.15, -0.1) is 0 Å². The van der Waals surface area contributed by atoms with E-state index in [0.29, 0.717) is 5.92 Å². The van der Waals surface area contributed by atoms with E-state index >= 15 is 0 Å². The number of nitrogens with one attached hydrogen (secondary N) is 1. The van der Waals surface area contributed by atoms with Crippen molar-refractivity contribution in [3.05, 3.63) is 17.5 Å². The van der Waals surface area contributed by atoms with Gasteiger partial charge < -0.3 is 5.32 Å². The van der Waals surface area contributed by atoms with Crippen LogP contribution in [0.15, 0.2) is 6.07 Å². The van der Waals surface area contributed by atoms with Gasteiger partial charge >= 0.3 is 0 Å². The molecule has 0 spiro atoms. The first-order valence-electron chi connectivity index (χ1n) is 7.86. The van der Waals surface area contributed by atoms with E-state index in [0.717, 1.165) is 25.2 Å². The molecule has 1 N–H and O–H groups in total. The van der Waals surface area contributed by atoms with Crippen molar-refractivity contribution in [1.29, 1.82) is 0 Å². The van der Waals surface area contributed by atoms with Crippen molar-refractivity contribution in [3.8, 4) is 0 Å². The SMILES string of the molecule is CCn1nc(C)cc1CC1(C(C)C)CCCCCN1. The number of rotatable bonds is 4.